The molecule has 5 heteroatoms. The number of aromatic nitrogens is 3. The Balaban J connectivity index is 2.11. The number of rotatable bonds is 4. The molecule has 152 valence electrons. The minimum absolute atomic E-state index is 0.162. The third-order valence-electron chi connectivity index (χ3n) is 5.96. The van der Waals surface area contributed by atoms with Gasteiger partial charge >= 0.3 is 0 Å². The fourth-order valence-electron chi connectivity index (χ4n) is 4.64. The summed E-state index contributed by atoms with van der Waals surface area (Å²) in [5.41, 5.74) is 7.49. The molecule has 0 aliphatic rings. The topological polar surface area (TPSA) is 34.0 Å². The van der Waals surface area contributed by atoms with Crippen LogP contribution in [0.4, 0.5) is 0 Å². The molecule has 2 aromatic heterocycles. The lowest BCUT2D eigenvalue weighted by molar-refractivity contribution is 0.0847. The molecule has 0 aliphatic carbocycles. The number of hydrogen-bond acceptors (Lipinski definition) is 3. The molecule has 0 fully saturated rings. The van der Waals surface area contributed by atoms with Gasteiger partial charge in [-0.3, -0.25) is 4.90 Å². The highest BCUT2D eigenvalue weighted by molar-refractivity contribution is 9.10. The first kappa shape index (κ1) is 20.3. The smallest absolute Gasteiger partial charge is 0.161 e. The second kappa shape index (κ2) is 7.37. The fourth-order valence-corrected chi connectivity index (χ4v) is 5.00. The van der Waals surface area contributed by atoms with Crippen molar-refractivity contribution in [2.75, 3.05) is 0 Å². The van der Waals surface area contributed by atoms with Gasteiger partial charge in [0.15, 0.2) is 5.65 Å². The predicted octanol–water partition coefficient (Wildman–Crippen LogP) is 6.75. The molecule has 4 aromatic rings. The van der Waals surface area contributed by atoms with E-state index in [1.54, 1.807) is 0 Å². The average molecular weight is 453 g/mol. The van der Waals surface area contributed by atoms with E-state index in [9.17, 15) is 0 Å². The lowest BCUT2D eigenvalue weighted by Crippen LogP contribution is -2.41. The quantitative estimate of drug-likeness (QED) is 0.343. The molecule has 1 atom stereocenters. The van der Waals surface area contributed by atoms with Gasteiger partial charge in [0.2, 0.25) is 0 Å². The highest BCUT2D eigenvalue weighted by Crippen LogP contribution is 2.35. The zero-order valence-corrected chi connectivity index (χ0v) is 19.9. The fraction of sp³-hybridized carbons (Fsp3) is 0.417. The van der Waals surface area contributed by atoms with E-state index in [2.05, 4.69) is 104 Å². The van der Waals surface area contributed by atoms with Crippen molar-refractivity contribution in [3.05, 3.63) is 45.9 Å². The molecule has 2 heterocycles. The molecule has 0 amide bonds. The van der Waals surface area contributed by atoms with Gasteiger partial charge < -0.3 is 4.57 Å². The summed E-state index contributed by atoms with van der Waals surface area (Å²) >= 11 is 3.64. The highest BCUT2D eigenvalue weighted by atomic mass is 79.9. The van der Waals surface area contributed by atoms with Gasteiger partial charge in [0.1, 0.15) is 5.52 Å². The Labute approximate surface area is 181 Å². The van der Waals surface area contributed by atoms with Crippen LogP contribution in [-0.4, -0.2) is 31.5 Å². The molecule has 0 aliphatic heterocycles. The van der Waals surface area contributed by atoms with E-state index in [-0.39, 0.29) is 6.17 Å². The van der Waals surface area contributed by atoms with Gasteiger partial charge in [-0.25, -0.2) is 9.97 Å². The molecule has 1 unspecified atom stereocenters. The molecule has 0 N–H and O–H groups in total. The maximum atomic E-state index is 5.13. The van der Waals surface area contributed by atoms with Crippen molar-refractivity contribution in [3.8, 4) is 0 Å². The summed E-state index contributed by atoms with van der Waals surface area (Å²) in [6.07, 6.45) is 0.162. The second-order valence-electron chi connectivity index (χ2n) is 8.62. The van der Waals surface area contributed by atoms with Crippen LogP contribution in [0.1, 0.15) is 51.9 Å². The lowest BCUT2D eigenvalue weighted by Gasteiger charge is -2.37. The number of aryl methyl sites for hydroxylation is 2. The van der Waals surface area contributed by atoms with E-state index in [1.165, 1.54) is 16.6 Å². The SMILES string of the molecule is Cc1cc2nc3c4cc(Br)ccc4n(C(C)N(C(C)C)C(C)C)c3nc2cc1C. The molecule has 0 spiro atoms. The number of halogens is 1. The van der Waals surface area contributed by atoms with Gasteiger partial charge in [0.05, 0.1) is 22.7 Å². The summed E-state index contributed by atoms with van der Waals surface area (Å²) in [6.45, 7) is 15.6. The zero-order chi connectivity index (χ0) is 21.0. The summed E-state index contributed by atoms with van der Waals surface area (Å²) in [4.78, 5) is 12.7. The first-order valence-electron chi connectivity index (χ1n) is 10.3. The molecule has 0 radical (unpaired) electrons. The largest absolute Gasteiger partial charge is 0.308 e. The summed E-state index contributed by atoms with van der Waals surface area (Å²) in [6, 6.07) is 11.6. The van der Waals surface area contributed by atoms with Gasteiger partial charge in [-0.2, -0.15) is 0 Å². The number of fused-ring (bicyclic) bond motifs is 4. The normalized spacial score (nSPS) is 13.6. The van der Waals surface area contributed by atoms with Crippen molar-refractivity contribution in [3.63, 3.8) is 0 Å². The van der Waals surface area contributed by atoms with Crippen LogP contribution in [0.2, 0.25) is 0 Å². The van der Waals surface area contributed by atoms with Crippen LogP contribution >= 0.6 is 15.9 Å². The Kier molecular flexibility index (Phi) is 5.16. The van der Waals surface area contributed by atoms with Crippen molar-refractivity contribution >= 4 is 49.0 Å². The van der Waals surface area contributed by atoms with Gasteiger partial charge in [-0.1, -0.05) is 15.9 Å². The summed E-state index contributed by atoms with van der Waals surface area (Å²) < 4.78 is 3.42. The van der Waals surface area contributed by atoms with Crippen LogP contribution in [0.15, 0.2) is 34.8 Å². The van der Waals surface area contributed by atoms with Gasteiger partial charge in [-0.05, 0) is 89.9 Å². The van der Waals surface area contributed by atoms with E-state index in [0.29, 0.717) is 12.1 Å². The second-order valence-corrected chi connectivity index (χ2v) is 9.53. The molecule has 2 aromatic carbocycles. The summed E-state index contributed by atoms with van der Waals surface area (Å²) in [5, 5.41) is 1.14. The lowest BCUT2D eigenvalue weighted by atomic mass is 10.1. The minimum atomic E-state index is 0.162. The maximum Gasteiger partial charge on any atom is 0.161 e. The standard InChI is InChI=1S/C24H29BrN4/c1-13(2)28(14(3)4)17(7)29-22-9-8-18(25)12-19(22)23-24(29)27-21-11-16(6)15(5)10-20(21)26-23/h8-14,17H,1-7H3. The Bertz CT molecular complexity index is 1210. The molecular formula is C24H29BrN4. The third kappa shape index (κ3) is 3.34. The van der Waals surface area contributed by atoms with E-state index in [0.717, 1.165) is 32.1 Å². The Morgan fingerprint density at radius 1 is 0.862 bits per heavy atom. The van der Waals surface area contributed by atoms with E-state index < -0.39 is 0 Å². The molecular weight excluding hydrogens is 424 g/mol. The highest BCUT2D eigenvalue weighted by Gasteiger charge is 2.26. The zero-order valence-electron chi connectivity index (χ0n) is 18.3. The number of hydrogen-bond donors (Lipinski definition) is 0. The van der Waals surface area contributed by atoms with Crippen molar-refractivity contribution < 1.29 is 0 Å². The first-order valence-corrected chi connectivity index (χ1v) is 11.1. The van der Waals surface area contributed by atoms with Gasteiger partial charge in [0, 0.05) is 21.9 Å². The van der Waals surface area contributed by atoms with Crippen molar-refractivity contribution in [1.82, 2.24) is 19.4 Å². The van der Waals surface area contributed by atoms with Crippen LogP contribution in [0.5, 0.6) is 0 Å². The Morgan fingerprint density at radius 2 is 1.45 bits per heavy atom. The van der Waals surface area contributed by atoms with Crippen molar-refractivity contribution in [2.24, 2.45) is 0 Å². The van der Waals surface area contributed by atoms with Gasteiger partial charge in [-0.15, -0.1) is 0 Å². The maximum absolute atomic E-state index is 5.13. The monoisotopic (exact) mass is 452 g/mol. The molecule has 0 saturated carbocycles. The first-order chi connectivity index (χ1) is 13.7. The van der Waals surface area contributed by atoms with Crippen molar-refractivity contribution in [1.29, 1.82) is 0 Å². The van der Waals surface area contributed by atoms with Crippen molar-refractivity contribution in [2.45, 2.75) is 66.7 Å². The van der Waals surface area contributed by atoms with Crippen LogP contribution in [0.25, 0.3) is 33.1 Å². The summed E-state index contributed by atoms with van der Waals surface area (Å²) in [5.74, 6) is 0. The minimum Gasteiger partial charge on any atom is -0.308 e. The number of nitrogens with zero attached hydrogens (tertiary/aromatic N) is 4. The van der Waals surface area contributed by atoms with Crippen LogP contribution in [0, 0.1) is 13.8 Å². The van der Waals surface area contributed by atoms with Crippen LogP contribution in [-0.2, 0) is 0 Å². The molecule has 0 saturated heterocycles. The van der Waals surface area contributed by atoms with Crippen LogP contribution in [0.3, 0.4) is 0 Å². The molecule has 0 bridgehead atoms. The Morgan fingerprint density at radius 3 is 2.03 bits per heavy atom. The van der Waals surface area contributed by atoms with Gasteiger partial charge in [0.25, 0.3) is 0 Å². The molecule has 4 nitrogen and oxygen atoms in total. The average Bonchev–Trinajstić information content (AvgIpc) is 2.93. The van der Waals surface area contributed by atoms with E-state index >= 15 is 0 Å². The van der Waals surface area contributed by atoms with E-state index in [4.69, 9.17) is 9.97 Å². The molecule has 29 heavy (non-hydrogen) atoms. The Hall–Kier alpha value is -1.98. The third-order valence-corrected chi connectivity index (χ3v) is 6.45. The predicted molar refractivity (Wildman–Crippen MR) is 127 cm³/mol. The summed E-state index contributed by atoms with van der Waals surface area (Å²) in [7, 11) is 0. The van der Waals surface area contributed by atoms with Crippen LogP contribution < -0.4 is 0 Å². The van der Waals surface area contributed by atoms with E-state index in [1.807, 2.05) is 0 Å². The molecule has 4 rings (SSSR count). The number of benzene rings is 2.